The Labute approximate surface area is 161 Å². The number of rotatable bonds is 8. The van der Waals surface area contributed by atoms with E-state index in [1.54, 1.807) is 29.5 Å². The van der Waals surface area contributed by atoms with E-state index in [-0.39, 0.29) is 28.8 Å². The van der Waals surface area contributed by atoms with Crippen molar-refractivity contribution >= 4 is 45.3 Å². The van der Waals surface area contributed by atoms with Gasteiger partial charge in [0, 0.05) is 19.0 Å². The van der Waals surface area contributed by atoms with Crippen LogP contribution in [0.4, 0.5) is 5.13 Å². The van der Waals surface area contributed by atoms with E-state index in [0.29, 0.717) is 22.3 Å². The number of hydrogen-bond donors (Lipinski definition) is 2. The molecule has 0 aromatic carbocycles. The minimum atomic E-state index is -0.127. The largest absolute Gasteiger partial charge is 0.449 e. The first-order valence-electron chi connectivity index (χ1n) is 7.92. The van der Waals surface area contributed by atoms with Gasteiger partial charge in [-0.25, -0.2) is 4.98 Å². The third kappa shape index (κ3) is 6.17. The van der Waals surface area contributed by atoms with Crippen LogP contribution in [0, 0.1) is 0 Å². The molecular weight excluding hydrogens is 406 g/mol. The van der Waals surface area contributed by atoms with Gasteiger partial charge in [0.2, 0.25) is 5.13 Å². The molecule has 9 heteroatoms. The average Bonchev–Trinajstić information content (AvgIpc) is 3.19. The smallest absolute Gasteiger partial charge is 0.289 e. The molecule has 0 bridgehead atoms. The van der Waals surface area contributed by atoms with Crippen LogP contribution in [0.25, 0.3) is 11.5 Å². The zero-order chi connectivity index (χ0) is 17.5. The highest BCUT2D eigenvalue weighted by Crippen LogP contribution is 2.28. The summed E-state index contributed by atoms with van der Waals surface area (Å²) in [5.41, 5.74) is 11.3. The predicted molar refractivity (Wildman–Crippen MR) is 107 cm³/mol. The molecule has 0 aliphatic rings. The van der Waals surface area contributed by atoms with Crippen molar-refractivity contribution in [1.29, 1.82) is 0 Å². The summed E-state index contributed by atoms with van der Waals surface area (Å²) in [5, 5.41) is 2.23. The number of carbonyl (C=O) groups is 1. The first-order valence-corrected chi connectivity index (χ1v) is 8.80. The maximum atomic E-state index is 12.4. The summed E-state index contributed by atoms with van der Waals surface area (Å²) in [6.45, 7) is 2.89. The predicted octanol–water partition coefficient (Wildman–Crippen LogP) is 3.54. The molecule has 0 spiro atoms. The number of nitrogens with two attached hydrogens (primary N) is 2. The van der Waals surface area contributed by atoms with Crippen molar-refractivity contribution in [3.8, 4) is 11.5 Å². The van der Waals surface area contributed by atoms with Gasteiger partial charge in [0.25, 0.3) is 5.91 Å². The van der Waals surface area contributed by atoms with Gasteiger partial charge in [0.05, 0.1) is 0 Å². The summed E-state index contributed by atoms with van der Waals surface area (Å²) in [7, 11) is 1.79. The van der Waals surface area contributed by atoms with Crippen LogP contribution < -0.4 is 11.5 Å². The molecule has 0 radical (unpaired) electrons. The van der Waals surface area contributed by atoms with Crippen LogP contribution in [0.5, 0.6) is 0 Å². The minimum absolute atomic E-state index is 0. The third-order valence-electron chi connectivity index (χ3n) is 3.48. The topological polar surface area (TPSA) is 111 Å². The van der Waals surface area contributed by atoms with Gasteiger partial charge in [-0.1, -0.05) is 26.2 Å². The number of thiazole rings is 1. The molecule has 0 unspecified atom stereocenters. The molecule has 0 atom stereocenters. The third-order valence-corrected chi connectivity index (χ3v) is 4.21. The van der Waals surface area contributed by atoms with Crippen molar-refractivity contribution in [2.45, 2.75) is 32.6 Å². The molecule has 2 aromatic rings. The molecule has 2 aromatic heterocycles. The van der Waals surface area contributed by atoms with Gasteiger partial charge in [-0.15, -0.1) is 28.3 Å². The molecule has 4 N–H and O–H groups in total. The SMILES string of the molecule is Br.CCCCCCN(C)C(=O)c1ccc(-c2csc(N=C(N)N)n2)o1. The summed E-state index contributed by atoms with van der Waals surface area (Å²) in [4.78, 5) is 22.2. The van der Waals surface area contributed by atoms with Crippen LogP contribution in [0.15, 0.2) is 26.9 Å². The van der Waals surface area contributed by atoms with Crippen LogP contribution in [0.3, 0.4) is 0 Å². The van der Waals surface area contributed by atoms with Crippen molar-refractivity contribution in [1.82, 2.24) is 9.88 Å². The molecular formula is C16H24BrN5O2S. The second-order valence-electron chi connectivity index (χ2n) is 5.50. The molecule has 0 aliphatic carbocycles. The quantitative estimate of drug-likeness (QED) is 0.378. The fraction of sp³-hybridized carbons (Fsp3) is 0.438. The Bertz CT molecular complexity index is 709. The van der Waals surface area contributed by atoms with E-state index in [0.717, 1.165) is 19.4 Å². The number of nitrogens with zero attached hydrogens (tertiary/aromatic N) is 3. The van der Waals surface area contributed by atoms with E-state index in [9.17, 15) is 4.79 Å². The van der Waals surface area contributed by atoms with Crippen LogP contribution in [0.2, 0.25) is 0 Å². The van der Waals surface area contributed by atoms with Gasteiger partial charge in [-0.2, -0.15) is 4.99 Å². The fourth-order valence-electron chi connectivity index (χ4n) is 2.20. The molecule has 0 fully saturated rings. The van der Waals surface area contributed by atoms with E-state index >= 15 is 0 Å². The lowest BCUT2D eigenvalue weighted by Gasteiger charge is -2.15. The molecule has 7 nitrogen and oxygen atoms in total. The summed E-state index contributed by atoms with van der Waals surface area (Å²) in [5.74, 6) is 0.652. The first kappa shape index (κ1) is 21.2. The number of amides is 1. The average molecular weight is 430 g/mol. The number of furan rings is 1. The number of aromatic nitrogens is 1. The van der Waals surface area contributed by atoms with Gasteiger partial charge in [-0.3, -0.25) is 4.79 Å². The Hall–Kier alpha value is -1.87. The molecule has 1 amide bonds. The molecule has 0 saturated heterocycles. The second-order valence-corrected chi connectivity index (χ2v) is 6.34. The van der Waals surface area contributed by atoms with E-state index in [4.69, 9.17) is 15.9 Å². The van der Waals surface area contributed by atoms with Crippen LogP contribution >= 0.6 is 28.3 Å². The van der Waals surface area contributed by atoms with Gasteiger partial charge in [-0.05, 0) is 18.6 Å². The molecule has 2 rings (SSSR count). The lowest BCUT2D eigenvalue weighted by atomic mass is 10.2. The maximum Gasteiger partial charge on any atom is 0.289 e. The number of hydrogen-bond acceptors (Lipinski definition) is 5. The van der Waals surface area contributed by atoms with Crippen molar-refractivity contribution < 1.29 is 9.21 Å². The maximum absolute atomic E-state index is 12.4. The van der Waals surface area contributed by atoms with Crippen LogP contribution in [-0.2, 0) is 0 Å². The number of carbonyl (C=O) groups excluding carboxylic acids is 1. The van der Waals surface area contributed by atoms with E-state index in [2.05, 4.69) is 16.9 Å². The van der Waals surface area contributed by atoms with E-state index in [1.807, 2.05) is 0 Å². The molecule has 0 aliphatic heterocycles. The summed E-state index contributed by atoms with van der Waals surface area (Å²) >= 11 is 1.30. The Morgan fingerprint density at radius 3 is 2.76 bits per heavy atom. The standard InChI is InChI=1S/C16H23N5O2S.BrH/c1-3-4-5-6-9-21(2)14(22)13-8-7-12(23-13)11-10-24-16(19-11)20-15(17)18;/h7-8,10H,3-6,9H2,1-2H3,(H4,17,18,19,20);1H. The Kier molecular flexibility index (Phi) is 8.64. The number of aliphatic imine (C=N–C) groups is 1. The highest BCUT2D eigenvalue weighted by molar-refractivity contribution is 8.93. The first-order chi connectivity index (χ1) is 11.5. The molecule has 2 heterocycles. The highest BCUT2D eigenvalue weighted by atomic mass is 79.9. The summed E-state index contributed by atoms with van der Waals surface area (Å²) in [6.07, 6.45) is 4.49. The van der Waals surface area contributed by atoms with Gasteiger partial charge < -0.3 is 20.8 Å². The zero-order valence-electron chi connectivity index (χ0n) is 14.4. The lowest BCUT2D eigenvalue weighted by Crippen LogP contribution is -2.27. The van der Waals surface area contributed by atoms with Crippen LogP contribution in [-0.4, -0.2) is 35.3 Å². The van der Waals surface area contributed by atoms with Gasteiger partial charge in [0.15, 0.2) is 17.5 Å². The monoisotopic (exact) mass is 429 g/mol. The van der Waals surface area contributed by atoms with E-state index in [1.165, 1.54) is 24.2 Å². The summed E-state index contributed by atoms with van der Waals surface area (Å²) < 4.78 is 5.64. The van der Waals surface area contributed by atoms with Crippen molar-refractivity contribution in [3.05, 3.63) is 23.3 Å². The van der Waals surface area contributed by atoms with Crippen molar-refractivity contribution in [3.63, 3.8) is 0 Å². The fourth-order valence-corrected chi connectivity index (χ4v) is 2.89. The minimum Gasteiger partial charge on any atom is -0.449 e. The van der Waals surface area contributed by atoms with Gasteiger partial charge >= 0.3 is 0 Å². The lowest BCUT2D eigenvalue weighted by molar-refractivity contribution is 0.0762. The van der Waals surface area contributed by atoms with Crippen LogP contribution in [0.1, 0.15) is 43.2 Å². The number of unbranched alkanes of at least 4 members (excludes halogenated alkanes) is 3. The van der Waals surface area contributed by atoms with Crippen molar-refractivity contribution in [2.24, 2.45) is 16.5 Å². The molecule has 138 valence electrons. The second kappa shape index (κ2) is 10.2. The number of halogens is 1. The highest BCUT2D eigenvalue weighted by Gasteiger charge is 2.17. The van der Waals surface area contributed by atoms with Gasteiger partial charge in [0.1, 0.15) is 5.69 Å². The molecule has 0 saturated carbocycles. The normalized spacial score (nSPS) is 10.2. The Morgan fingerprint density at radius 1 is 1.32 bits per heavy atom. The van der Waals surface area contributed by atoms with E-state index < -0.39 is 0 Å². The zero-order valence-corrected chi connectivity index (χ0v) is 16.9. The number of guanidine groups is 1. The Balaban J connectivity index is 0.00000312. The molecule has 25 heavy (non-hydrogen) atoms. The Morgan fingerprint density at radius 2 is 2.08 bits per heavy atom. The van der Waals surface area contributed by atoms with Crippen molar-refractivity contribution in [2.75, 3.05) is 13.6 Å². The summed E-state index contributed by atoms with van der Waals surface area (Å²) in [6, 6.07) is 3.40.